The van der Waals surface area contributed by atoms with Crippen molar-refractivity contribution in [2.75, 3.05) is 11.9 Å². The van der Waals surface area contributed by atoms with Gasteiger partial charge in [-0.25, -0.2) is 4.39 Å². The number of amides is 1. The number of hydrogen-bond acceptors (Lipinski definition) is 2. The average molecular weight is 276 g/mol. The van der Waals surface area contributed by atoms with E-state index in [1.165, 1.54) is 37.8 Å². The van der Waals surface area contributed by atoms with Crippen molar-refractivity contribution in [1.29, 1.82) is 0 Å². The van der Waals surface area contributed by atoms with Crippen LogP contribution in [-0.4, -0.2) is 29.4 Å². The maximum atomic E-state index is 13.1. The summed E-state index contributed by atoms with van der Waals surface area (Å²) in [5.41, 5.74) is 0.532. The Morgan fingerprint density at radius 3 is 2.75 bits per heavy atom. The molecule has 4 heteroatoms. The average Bonchev–Trinajstić information content (AvgIpc) is 3.28. The number of carbonyl (C=O) groups is 1. The van der Waals surface area contributed by atoms with Crippen molar-refractivity contribution in [2.24, 2.45) is 5.92 Å². The highest BCUT2D eigenvalue weighted by atomic mass is 19.1. The monoisotopic (exact) mass is 276 g/mol. The van der Waals surface area contributed by atoms with Crippen molar-refractivity contribution in [3.05, 3.63) is 30.1 Å². The minimum atomic E-state index is -0.326. The summed E-state index contributed by atoms with van der Waals surface area (Å²) in [5, 5.41) is 2.79. The summed E-state index contributed by atoms with van der Waals surface area (Å²) in [6, 6.07) is 7.11. The molecular formula is C16H21FN2O. The lowest BCUT2D eigenvalue weighted by molar-refractivity contribution is -0.118. The molecule has 1 N–H and O–H groups in total. The molecule has 2 saturated carbocycles. The highest BCUT2D eigenvalue weighted by Gasteiger charge is 2.39. The van der Waals surface area contributed by atoms with Crippen molar-refractivity contribution in [3.63, 3.8) is 0 Å². The van der Waals surface area contributed by atoms with Gasteiger partial charge in [-0.05, 0) is 56.7 Å². The molecule has 3 rings (SSSR count). The van der Waals surface area contributed by atoms with E-state index in [2.05, 4.69) is 17.1 Å². The van der Waals surface area contributed by atoms with Crippen LogP contribution >= 0.6 is 0 Å². The number of nitrogens with one attached hydrogen (secondary N) is 1. The third kappa shape index (κ3) is 3.37. The van der Waals surface area contributed by atoms with Crippen LogP contribution in [0.15, 0.2) is 24.3 Å². The van der Waals surface area contributed by atoms with Crippen molar-refractivity contribution in [1.82, 2.24) is 4.90 Å². The van der Waals surface area contributed by atoms with Crippen LogP contribution in [0.5, 0.6) is 0 Å². The van der Waals surface area contributed by atoms with Gasteiger partial charge in [0.15, 0.2) is 0 Å². The third-order valence-corrected chi connectivity index (χ3v) is 4.28. The molecule has 0 heterocycles. The summed E-state index contributed by atoms with van der Waals surface area (Å²) in [6.45, 7) is 2.64. The number of nitrogens with zero attached hydrogens (tertiary/aromatic N) is 1. The van der Waals surface area contributed by atoms with Gasteiger partial charge < -0.3 is 5.32 Å². The van der Waals surface area contributed by atoms with Gasteiger partial charge in [-0.2, -0.15) is 0 Å². The molecule has 0 aliphatic heterocycles. The molecule has 1 atom stereocenters. The van der Waals surface area contributed by atoms with Crippen molar-refractivity contribution in [2.45, 2.75) is 44.7 Å². The zero-order valence-electron chi connectivity index (χ0n) is 11.8. The molecule has 1 amide bonds. The molecule has 2 aliphatic rings. The van der Waals surface area contributed by atoms with Gasteiger partial charge in [0, 0.05) is 17.8 Å². The highest BCUT2D eigenvalue weighted by Crippen LogP contribution is 2.39. The molecular weight excluding hydrogens is 255 g/mol. The predicted octanol–water partition coefficient (Wildman–Crippen LogP) is 3.03. The number of hydrogen-bond donors (Lipinski definition) is 1. The molecule has 0 aromatic heterocycles. The fourth-order valence-electron chi connectivity index (χ4n) is 2.79. The lowest BCUT2D eigenvalue weighted by Gasteiger charge is -2.28. The Hall–Kier alpha value is -1.42. The van der Waals surface area contributed by atoms with E-state index in [9.17, 15) is 9.18 Å². The molecule has 2 fully saturated rings. The van der Waals surface area contributed by atoms with E-state index in [0.717, 1.165) is 5.92 Å². The summed E-state index contributed by atoms with van der Waals surface area (Å²) in [6.07, 6.45) is 4.97. The van der Waals surface area contributed by atoms with Gasteiger partial charge in [0.2, 0.25) is 5.91 Å². The van der Waals surface area contributed by atoms with Crippen LogP contribution in [0.4, 0.5) is 10.1 Å². The van der Waals surface area contributed by atoms with Gasteiger partial charge in [0.25, 0.3) is 0 Å². The van der Waals surface area contributed by atoms with E-state index in [1.807, 2.05) is 0 Å². The van der Waals surface area contributed by atoms with E-state index >= 15 is 0 Å². The molecule has 1 aromatic carbocycles. The quantitative estimate of drug-likeness (QED) is 0.866. The lowest BCUT2D eigenvalue weighted by Crippen LogP contribution is -2.42. The number of anilines is 1. The largest absolute Gasteiger partial charge is 0.325 e. The van der Waals surface area contributed by atoms with Crippen molar-refractivity contribution in [3.8, 4) is 0 Å². The molecule has 0 saturated heterocycles. The van der Waals surface area contributed by atoms with Crippen LogP contribution in [0.25, 0.3) is 0 Å². The molecule has 108 valence electrons. The van der Waals surface area contributed by atoms with Gasteiger partial charge in [-0.15, -0.1) is 0 Å². The van der Waals surface area contributed by atoms with E-state index in [4.69, 9.17) is 0 Å². The standard InChI is InChI=1S/C16H21FN2O/c1-11(12-5-6-12)19(15-7-8-15)10-16(20)18-14-4-2-3-13(17)9-14/h2-4,9,11-12,15H,5-8,10H2,1H3,(H,18,20). The van der Waals surface area contributed by atoms with Crippen LogP contribution in [0.3, 0.4) is 0 Å². The Labute approximate surface area is 119 Å². The maximum Gasteiger partial charge on any atom is 0.238 e. The SMILES string of the molecule is CC(C1CC1)N(CC(=O)Nc1cccc(F)c1)C1CC1. The summed E-state index contributed by atoms with van der Waals surface area (Å²) in [4.78, 5) is 14.5. The third-order valence-electron chi connectivity index (χ3n) is 4.28. The van der Waals surface area contributed by atoms with Gasteiger partial charge in [-0.3, -0.25) is 9.69 Å². The maximum absolute atomic E-state index is 13.1. The first-order valence-corrected chi connectivity index (χ1v) is 7.44. The van der Waals surface area contributed by atoms with Gasteiger partial charge in [0.1, 0.15) is 5.82 Å². The Balaban J connectivity index is 1.58. The second kappa shape index (κ2) is 5.52. The molecule has 1 unspecified atom stereocenters. The molecule has 0 bridgehead atoms. The minimum absolute atomic E-state index is 0.0463. The molecule has 0 spiro atoms. The molecule has 0 radical (unpaired) electrons. The summed E-state index contributed by atoms with van der Waals surface area (Å²) in [5.74, 6) is 0.390. The first kappa shape index (κ1) is 13.6. The van der Waals surface area contributed by atoms with Gasteiger partial charge in [0.05, 0.1) is 6.54 Å². The first-order valence-electron chi connectivity index (χ1n) is 7.44. The van der Waals surface area contributed by atoms with Gasteiger partial charge in [-0.1, -0.05) is 6.07 Å². The van der Waals surface area contributed by atoms with Crippen molar-refractivity contribution < 1.29 is 9.18 Å². The van der Waals surface area contributed by atoms with Crippen LogP contribution < -0.4 is 5.32 Å². The Kier molecular flexibility index (Phi) is 3.74. The first-order chi connectivity index (χ1) is 9.63. The molecule has 3 nitrogen and oxygen atoms in total. The molecule has 20 heavy (non-hydrogen) atoms. The molecule has 2 aliphatic carbocycles. The van der Waals surface area contributed by atoms with Crippen molar-refractivity contribution >= 4 is 11.6 Å². The number of rotatable bonds is 6. The molecule has 1 aromatic rings. The zero-order valence-corrected chi connectivity index (χ0v) is 11.8. The van der Waals surface area contributed by atoms with Crippen LogP contribution in [0.1, 0.15) is 32.6 Å². The fraction of sp³-hybridized carbons (Fsp3) is 0.562. The van der Waals surface area contributed by atoms with E-state index < -0.39 is 0 Å². The number of halogens is 1. The van der Waals surface area contributed by atoms with E-state index in [-0.39, 0.29) is 11.7 Å². The van der Waals surface area contributed by atoms with E-state index in [0.29, 0.717) is 24.3 Å². The fourth-order valence-corrected chi connectivity index (χ4v) is 2.79. The zero-order chi connectivity index (χ0) is 14.1. The topological polar surface area (TPSA) is 32.3 Å². The lowest BCUT2D eigenvalue weighted by atomic mass is 10.1. The number of benzene rings is 1. The van der Waals surface area contributed by atoms with Crippen LogP contribution in [0.2, 0.25) is 0 Å². The van der Waals surface area contributed by atoms with Crippen LogP contribution in [-0.2, 0) is 4.79 Å². The summed E-state index contributed by atoms with van der Waals surface area (Å²) < 4.78 is 13.1. The Morgan fingerprint density at radius 2 is 2.15 bits per heavy atom. The Bertz CT molecular complexity index is 497. The Morgan fingerprint density at radius 1 is 1.40 bits per heavy atom. The minimum Gasteiger partial charge on any atom is -0.325 e. The highest BCUT2D eigenvalue weighted by molar-refractivity contribution is 5.92. The van der Waals surface area contributed by atoms with Crippen LogP contribution in [0, 0.1) is 11.7 Å². The smallest absolute Gasteiger partial charge is 0.238 e. The normalized spacial score (nSPS) is 19.9. The predicted molar refractivity (Wildman–Crippen MR) is 76.9 cm³/mol. The second-order valence-corrected chi connectivity index (χ2v) is 6.04. The van der Waals surface area contributed by atoms with Gasteiger partial charge >= 0.3 is 0 Å². The van der Waals surface area contributed by atoms with E-state index in [1.54, 1.807) is 12.1 Å². The second-order valence-electron chi connectivity index (χ2n) is 6.04. The number of carbonyl (C=O) groups excluding carboxylic acids is 1. The summed E-state index contributed by atoms with van der Waals surface area (Å²) >= 11 is 0. The summed E-state index contributed by atoms with van der Waals surface area (Å²) in [7, 11) is 0.